The summed E-state index contributed by atoms with van der Waals surface area (Å²) < 4.78 is 10.5. The quantitative estimate of drug-likeness (QED) is 0.655. The first-order valence-corrected chi connectivity index (χ1v) is 6.52. The number of rotatable bonds is 5. The highest BCUT2D eigenvalue weighted by Crippen LogP contribution is 2.33. The van der Waals surface area contributed by atoms with Crippen molar-refractivity contribution < 1.29 is 24.5 Å². The van der Waals surface area contributed by atoms with Crippen LogP contribution in [0.1, 0.15) is 11.1 Å². The lowest BCUT2D eigenvalue weighted by Crippen LogP contribution is -2.00. The van der Waals surface area contributed by atoms with Gasteiger partial charge in [0.05, 0.1) is 19.8 Å². The molecular weight excluding hydrogens is 284 g/mol. The van der Waals surface area contributed by atoms with Crippen LogP contribution in [0.4, 0.5) is 0 Å². The summed E-state index contributed by atoms with van der Waals surface area (Å²) in [5.74, 6) is -0.0164. The number of aliphatic carboxylic acids is 1. The Balaban J connectivity index is 2.56. The van der Waals surface area contributed by atoms with Crippen LogP contribution in [0.5, 0.6) is 17.2 Å². The maximum atomic E-state index is 11.5. The third-order valence-corrected chi connectivity index (χ3v) is 3.14. The number of methoxy groups -OCH3 is 2. The lowest BCUT2D eigenvalue weighted by Gasteiger charge is -2.11. The standard InChI is InChI=1S/C17H16O5/c1-21-15-5-3-4-12(16(15)22-2)10-14(17(19)20)11-6-8-13(18)9-7-11/h3-10,18H,1-2H3,(H,19,20). The zero-order valence-corrected chi connectivity index (χ0v) is 12.2. The van der Waals surface area contributed by atoms with Gasteiger partial charge in [0.1, 0.15) is 5.75 Å². The topological polar surface area (TPSA) is 76.0 Å². The van der Waals surface area contributed by atoms with Gasteiger partial charge < -0.3 is 19.7 Å². The Labute approximate surface area is 128 Å². The minimum Gasteiger partial charge on any atom is -0.508 e. The molecule has 0 aliphatic rings. The fraction of sp³-hybridized carbons (Fsp3) is 0.118. The van der Waals surface area contributed by atoms with E-state index in [1.165, 1.54) is 32.4 Å². The molecule has 2 N–H and O–H groups in total. The predicted molar refractivity (Wildman–Crippen MR) is 83.2 cm³/mol. The first-order chi connectivity index (χ1) is 10.6. The van der Waals surface area contributed by atoms with Crippen molar-refractivity contribution in [2.24, 2.45) is 0 Å². The van der Waals surface area contributed by atoms with Gasteiger partial charge in [0.25, 0.3) is 0 Å². The van der Waals surface area contributed by atoms with E-state index in [1.54, 1.807) is 30.3 Å². The normalized spacial score (nSPS) is 11.1. The minimum atomic E-state index is -1.07. The molecule has 2 aromatic carbocycles. The Hall–Kier alpha value is -2.95. The molecule has 0 fully saturated rings. The number of phenols is 1. The second-order valence-electron chi connectivity index (χ2n) is 4.49. The van der Waals surface area contributed by atoms with Gasteiger partial charge in [0.15, 0.2) is 11.5 Å². The van der Waals surface area contributed by atoms with Gasteiger partial charge >= 0.3 is 5.97 Å². The number of hydrogen-bond donors (Lipinski definition) is 2. The van der Waals surface area contributed by atoms with Crippen LogP contribution in [0.3, 0.4) is 0 Å². The molecule has 0 atom stereocenters. The molecule has 2 rings (SSSR count). The smallest absolute Gasteiger partial charge is 0.336 e. The molecule has 0 heterocycles. The number of phenolic OH excluding ortho intramolecular Hbond substituents is 1. The number of hydrogen-bond acceptors (Lipinski definition) is 4. The van der Waals surface area contributed by atoms with E-state index < -0.39 is 5.97 Å². The largest absolute Gasteiger partial charge is 0.508 e. The Morgan fingerprint density at radius 3 is 2.27 bits per heavy atom. The van der Waals surface area contributed by atoms with Crippen molar-refractivity contribution in [2.45, 2.75) is 0 Å². The van der Waals surface area contributed by atoms with E-state index in [1.807, 2.05) is 0 Å². The molecule has 0 amide bonds. The van der Waals surface area contributed by atoms with Crippen LogP contribution >= 0.6 is 0 Å². The number of para-hydroxylation sites is 1. The first kappa shape index (κ1) is 15.4. The summed E-state index contributed by atoms with van der Waals surface area (Å²) in [7, 11) is 3.01. The summed E-state index contributed by atoms with van der Waals surface area (Å²) >= 11 is 0. The van der Waals surface area contributed by atoms with Gasteiger partial charge in [0.2, 0.25) is 0 Å². The number of benzene rings is 2. The number of ether oxygens (including phenoxy) is 2. The third-order valence-electron chi connectivity index (χ3n) is 3.14. The summed E-state index contributed by atoms with van der Waals surface area (Å²) in [6.45, 7) is 0. The van der Waals surface area contributed by atoms with Crippen LogP contribution in [0.15, 0.2) is 42.5 Å². The molecule has 0 aliphatic heterocycles. The second kappa shape index (κ2) is 6.67. The first-order valence-electron chi connectivity index (χ1n) is 6.52. The Bertz CT molecular complexity index is 701. The predicted octanol–water partition coefficient (Wildman–Crippen LogP) is 3.03. The van der Waals surface area contributed by atoms with Gasteiger partial charge in [-0.3, -0.25) is 0 Å². The molecule has 0 spiro atoms. The Kier molecular flexibility index (Phi) is 4.68. The van der Waals surface area contributed by atoms with Crippen molar-refractivity contribution in [3.8, 4) is 17.2 Å². The van der Waals surface area contributed by atoms with Gasteiger partial charge in [-0.15, -0.1) is 0 Å². The molecule has 0 saturated heterocycles. The average molecular weight is 300 g/mol. The highest BCUT2D eigenvalue weighted by atomic mass is 16.5. The van der Waals surface area contributed by atoms with Crippen molar-refractivity contribution in [3.63, 3.8) is 0 Å². The summed E-state index contributed by atoms with van der Waals surface area (Å²) in [4.78, 5) is 11.5. The van der Waals surface area contributed by atoms with Gasteiger partial charge in [-0.05, 0) is 29.8 Å². The maximum absolute atomic E-state index is 11.5. The number of carboxylic acid groups (broad SMARTS) is 1. The van der Waals surface area contributed by atoms with E-state index in [4.69, 9.17) is 9.47 Å². The fourth-order valence-corrected chi connectivity index (χ4v) is 2.09. The zero-order chi connectivity index (χ0) is 16.1. The molecule has 0 bridgehead atoms. The van der Waals surface area contributed by atoms with Crippen LogP contribution in [0.25, 0.3) is 11.6 Å². The number of carbonyl (C=O) groups is 1. The van der Waals surface area contributed by atoms with Crippen molar-refractivity contribution in [1.29, 1.82) is 0 Å². The van der Waals surface area contributed by atoms with E-state index in [0.717, 1.165) is 0 Å². The Morgan fingerprint density at radius 1 is 1.05 bits per heavy atom. The van der Waals surface area contributed by atoms with Crippen molar-refractivity contribution in [2.75, 3.05) is 14.2 Å². The number of carboxylic acids is 1. The van der Waals surface area contributed by atoms with Crippen molar-refractivity contribution in [3.05, 3.63) is 53.6 Å². The zero-order valence-electron chi connectivity index (χ0n) is 12.2. The molecule has 22 heavy (non-hydrogen) atoms. The summed E-state index contributed by atoms with van der Waals surface area (Å²) in [6.07, 6.45) is 1.51. The van der Waals surface area contributed by atoms with Crippen LogP contribution in [-0.2, 0) is 4.79 Å². The molecule has 5 nitrogen and oxygen atoms in total. The van der Waals surface area contributed by atoms with Crippen molar-refractivity contribution >= 4 is 17.6 Å². The number of aromatic hydroxyl groups is 1. The van der Waals surface area contributed by atoms with E-state index in [0.29, 0.717) is 22.6 Å². The highest BCUT2D eigenvalue weighted by Gasteiger charge is 2.14. The molecular formula is C17H16O5. The summed E-state index contributed by atoms with van der Waals surface area (Å²) in [5, 5.41) is 18.8. The van der Waals surface area contributed by atoms with Crippen LogP contribution in [-0.4, -0.2) is 30.4 Å². The molecule has 0 radical (unpaired) electrons. The van der Waals surface area contributed by atoms with Crippen LogP contribution < -0.4 is 9.47 Å². The molecule has 2 aromatic rings. The molecule has 0 aliphatic carbocycles. The van der Waals surface area contributed by atoms with Gasteiger partial charge in [-0.2, -0.15) is 0 Å². The fourth-order valence-electron chi connectivity index (χ4n) is 2.09. The SMILES string of the molecule is COc1cccc(C=C(C(=O)O)c2ccc(O)cc2)c1OC. The average Bonchev–Trinajstić information content (AvgIpc) is 2.52. The van der Waals surface area contributed by atoms with Gasteiger partial charge in [0, 0.05) is 5.56 Å². The minimum absolute atomic E-state index is 0.0763. The maximum Gasteiger partial charge on any atom is 0.336 e. The molecule has 114 valence electrons. The van der Waals surface area contributed by atoms with E-state index >= 15 is 0 Å². The molecule has 0 aromatic heterocycles. The van der Waals surface area contributed by atoms with Gasteiger partial charge in [-0.25, -0.2) is 4.79 Å². The van der Waals surface area contributed by atoms with Crippen LogP contribution in [0.2, 0.25) is 0 Å². The second-order valence-corrected chi connectivity index (χ2v) is 4.49. The lowest BCUT2D eigenvalue weighted by atomic mass is 10.0. The Morgan fingerprint density at radius 2 is 1.73 bits per heavy atom. The molecule has 5 heteroatoms. The highest BCUT2D eigenvalue weighted by molar-refractivity contribution is 6.20. The van der Waals surface area contributed by atoms with E-state index in [-0.39, 0.29) is 11.3 Å². The summed E-state index contributed by atoms with van der Waals surface area (Å²) in [5.41, 5.74) is 1.16. The summed E-state index contributed by atoms with van der Waals surface area (Å²) in [6, 6.07) is 11.2. The van der Waals surface area contributed by atoms with Crippen molar-refractivity contribution in [1.82, 2.24) is 0 Å². The van der Waals surface area contributed by atoms with E-state index in [9.17, 15) is 15.0 Å². The third kappa shape index (κ3) is 3.20. The molecule has 0 saturated carbocycles. The van der Waals surface area contributed by atoms with E-state index in [2.05, 4.69) is 0 Å². The lowest BCUT2D eigenvalue weighted by molar-refractivity contribution is -0.130. The molecule has 0 unspecified atom stereocenters. The monoisotopic (exact) mass is 300 g/mol. The van der Waals surface area contributed by atoms with Gasteiger partial charge in [-0.1, -0.05) is 24.3 Å². The van der Waals surface area contributed by atoms with Crippen LogP contribution in [0, 0.1) is 0 Å².